The third kappa shape index (κ3) is 6.52. The number of sulfone groups is 1. The molecule has 1 aliphatic heterocycles. The molecule has 1 aliphatic rings. The van der Waals surface area contributed by atoms with E-state index in [1.165, 1.54) is 10.9 Å². The van der Waals surface area contributed by atoms with Crippen LogP contribution in [0.2, 0.25) is 0 Å². The summed E-state index contributed by atoms with van der Waals surface area (Å²) in [6.07, 6.45) is 1.25. The maximum absolute atomic E-state index is 12.3. The highest BCUT2D eigenvalue weighted by molar-refractivity contribution is 7.90. The average molecular weight is 395 g/mol. The van der Waals surface area contributed by atoms with Crippen LogP contribution in [0.1, 0.15) is 19.7 Å². The number of aryl methyl sites for hydroxylation is 1. The summed E-state index contributed by atoms with van der Waals surface area (Å²) in [5, 5.41) is 14.1. The summed E-state index contributed by atoms with van der Waals surface area (Å²) in [5.41, 5.74) is 0. The molecule has 25 heavy (non-hydrogen) atoms. The van der Waals surface area contributed by atoms with Gasteiger partial charge >= 0.3 is 0 Å². The van der Waals surface area contributed by atoms with Gasteiger partial charge < -0.3 is 5.32 Å². The van der Waals surface area contributed by atoms with E-state index in [-0.39, 0.29) is 36.7 Å². The Hall–Kier alpha value is -1.26. The van der Waals surface area contributed by atoms with Crippen LogP contribution in [-0.2, 0) is 21.2 Å². The first-order valence-electron chi connectivity index (χ1n) is 8.08. The molecule has 0 unspecified atom stereocenters. The van der Waals surface area contributed by atoms with Gasteiger partial charge in [-0.1, -0.05) is 13.8 Å². The van der Waals surface area contributed by atoms with Crippen LogP contribution in [-0.4, -0.2) is 77.1 Å². The molecule has 0 aromatic carbocycles. The quantitative estimate of drug-likeness (QED) is 0.665. The first-order chi connectivity index (χ1) is 11.2. The number of aromatic nitrogens is 4. The fraction of sp³-hybridized carbons (Fsp3) is 0.857. The summed E-state index contributed by atoms with van der Waals surface area (Å²) < 4.78 is 24.2. The molecule has 1 saturated heterocycles. The van der Waals surface area contributed by atoms with Crippen molar-refractivity contribution in [3.05, 3.63) is 5.82 Å². The predicted octanol–water partition coefficient (Wildman–Crippen LogP) is -0.479. The molecule has 0 bridgehead atoms. The summed E-state index contributed by atoms with van der Waals surface area (Å²) >= 11 is 0. The molecule has 1 N–H and O–H groups in total. The minimum Gasteiger partial charge on any atom is -0.350 e. The lowest BCUT2D eigenvalue weighted by Gasteiger charge is -2.23. The molecule has 1 aromatic rings. The van der Waals surface area contributed by atoms with Crippen molar-refractivity contribution in [2.45, 2.75) is 33.4 Å². The van der Waals surface area contributed by atoms with Gasteiger partial charge in [0.05, 0.1) is 5.75 Å². The molecule has 1 amide bonds. The van der Waals surface area contributed by atoms with Crippen LogP contribution in [0.5, 0.6) is 0 Å². The van der Waals surface area contributed by atoms with Crippen LogP contribution in [0.4, 0.5) is 0 Å². The van der Waals surface area contributed by atoms with Gasteiger partial charge in [-0.25, -0.2) is 13.1 Å². The lowest BCUT2D eigenvalue weighted by Crippen LogP contribution is -2.43. The maximum Gasteiger partial charge on any atom is 0.242 e. The van der Waals surface area contributed by atoms with Crippen molar-refractivity contribution >= 4 is 28.2 Å². The number of rotatable bonds is 7. The molecule has 2 atom stereocenters. The van der Waals surface area contributed by atoms with E-state index >= 15 is 0 Å². The van der Waals surface area contributed by atoms with Crippen LogP contribution in [0.25, 0.3) is 0 Å². The zero-order valence-electron chi connectivity index (χ0n) is 15.0. The molecule has 1 aromatic heterocycles. The SMILES string of the molecule is Cc1nnnn1CC(=O)N[C@H]1CN(CCS(C)(=O)=O)C[C@@H]1C(C)C.Cl. The highest BCUT2D eigenvalue weighted by atomic mass is 35.5. The fourth-order valence-electron chi connectivity index (χ4n) is 3.00. The van der Waals surface area contributed by atoms with E-state index in [9.17, 15) is 13.2 Å². The molecule has 9 nitrogen and oxygen atoms in total. The Morgan fingerprint density at radius 2 is 2.04 bits per heavy atom. The Bertz CT molecular complexity index is 678. The second-order valence-electron chi connectivity index (χ2n) is 6.86. The maximum atomic E-state index is 12.3. The van der Waals surface area contributed by atoms with E-state index in [0.717, 1.165) is 6.54 Å². The van der Waals surface area contributed by atoms with Gasteiger partial charge in [0.1, 0.15) is 22.2 Å². The number of hydrogen-bond acceptors (Lipinski definition) is 7. The fourth-order valence-corrected chi connectivity index (χ4v) is 3.59. The number of carbonyl (C=O) groups is 1. The molecule has 2 rings (SSSR count). The van der Waals surface area contributed by atoms with Crippen LogP contribution < -0.4 is 5.32 Å². The third-order valence-electron chi connectivity index (χ3n) is 4.43. The second kappa shape index (κ2) is 8.91. The molecule has 11 heteroatoms. The van der Waals surface area contributed by atoms with E-state index in [0.29, 0.717) is 30.7 Å². The Morgan fingerprint density at radius 3 is 2.56 bits per heavy atom. The smallest absolute Gasteiger partial charge is 0.242 e. The Morgan fingerprint density at radius 1 is 1.36 bits per heavy atom. The molecule has 0 spiro atoms. The highest BCUT2D eigenvalue weighted by Gasteiger charge is 2.35. The van der Waals surface area contributed by atoms with Gasteiger partial charge in [-0.2, -0.15) is 0 Å². The van der Waals surface area contributed by atoms with E-state index in [4.69, 9.17) is 0 Å². The zero-order chi connectivity index (χ0) is 17.9. The van der Waals surface area contributed by atoms with E-state index < -0.39 is 9.84 Å². The van der Waals surface area contributed by atoms with Crippen molar-refractivity contribution in [1.29, 1.82) is 0 Å². The number of likely N-dealkylation sites (tertiary alicyclic amines) is 1. The van der Waals surface area contributed by atoms with Crippen LogP contribution in [0.3, 0.4) is 0 Å². The monoisotopic (exact) mass is 394 g/mol. The average Bonchev–Trinajstić information content (AvgIpc) is 3.03. The topological polar surface area (TPSA) is 110 Å². The van der Waals surface area contributed by atoms with Crippen molar-refractivity contribution in [3.63, 3.8) is 0 Å². The number of amides is 1. The van der Waals surface area contributed by atoms with Crippen molar-refractivity contribution in [1.82, 2.24) is 30.4 Å². The lowest BCUT2D eigenvalue weighted by atomic mass is 9.91. The Balaban J connectivity index is 0.00000312. The van der Waals surface area contributed by atoms with Gasteiger partial charge in [0.2, 0.25) is 5.91 Å². The van der Waals surface area contributed by atoms with Gasteiger partial charge in [-0.3, -0.25) is 9.69 Å². The largest absolute Gasteiger partial charge is 0.350 e. The minimum absolute atomic E-state index is 0. The van der Waals surface area contributed by atoms with E-state index in [2.05, 4.69) is 39.6 Å². The van der Waals surface area contributed by atoms with Gasteiger partial charge in [0, 0.05) is 31.9 Å². The molecular formula is C14H27ClN6O3S. The van der Waals surface area contributed by atoms with Crippen LogP contribution in [0.15, 0.2) is 0 Å². The molecule has 0 aliphatic carbocycles. The van der Waals surface area contributed by atoms with Crippen molar-refractivity contribution in [3.8, 4) is 0 Å². The molecule has 2 heterocycles. The van der Waals surface area contributed by atoms with E-state index in [1.807, 2.05) is 0 Å². The van der Waals surface area contributed by atoms with E-state index in [1.54, 1.807) is 6.92 Å². The van der Waals surface area contributed by atoms with Crippen LogP contribution in [0, 0.1) is 18.8 Å². The van der Waals surface area contributed by atoms with Gasteiger partial charge in [0.25, 0.3) is 0 Å². The standard InChI is InChI=1S/C14H26N6O3S.ClH/c1-10(2)12-7-19(5-6-24(4,22)23)8-13(12)15-14(21)9-20-11(3)16-17-18-20;/h10,12-13H,5-9H2,1-4H3,(H,15,21);1H/t12-,13+;/m1./s1. The molecule has 0 saturated carbocycles. The zero-order valence-corrected chi connectivity index (χ0v) is 16.7. The number of nitrogens with one attached hydrogen (secondary N) is 1. The first-order valence-corrected chi connectivity index (χ1v) is 10.1. The Kier molecular flexibility index (Phi) is 7.76. The second-order valence-corrected chi connectivity index (χ2v) is 9.11. The number of hydrogen-bond donors (Lipinski definition) is 1. The molecule has 144 valence electrons. The predicted molar refractivity (Wildman–Crippen MR) is 96.2 cm³/mol. The highest BCUT2D eigenvalue weighted by Crippen LogP contribution is 2.24. The minimum atomic E-state index is -2.98. The van der Waals surface area contributed by atoms with Gasteiger partial charge in [-0.05, 0) is 29.2 Å². The molecular weight excluding hydrogens is 368 g/mol. The lowest BCUT2D eigenvalue weighted by molar-refractivity contribution is -0.122. The summed E-state index contributed by atoms with van der Waals surface area (Å²) in [6.45, 7) is 8.03. The summed E-state index contributed by atoms with van der Waals surface area (Å²) in [7, 11) is -2.98. The number of halogens is 1. The van der Waals surface area contributed by atoms with Gasteiger partial charge in [-0.15, -0.1) is 17.5 Å². The van der Waals surface area contributed by atoms with Gasteiger partial charge in [0.15, 0.2) is 0 Å². The first kappa shape index (κ1) is 21.8. The molecule has 0 radical (unpaired) electrons. The van der Waals surface area contributed by atoms with Crippen LogP contribution >= 0.6 is 12.4 Å². The molecule has 1 fully saturated rings. The third-order valence-corrected chi connectivity index (χ3v) is 5.35. The number of carbonyl (C=O) groups excluding carboxylic acids is 1. The normalized spacial score (nSPS) is 21.3. The Labute approximate surface area is 154 Å². The van der Waals surface area contributed by atoms with Crippen molar-refractivity contribution < 1.29 is 13.2 Å². The summed E-state index contributed by atoms with van der Waals surface area (Å²) in [5.74, 6) is 1.29. The van der Waals surface area contributed by atoms with Crippen molar-refractivity contribution in [2.24, 2.45) is 11.8 Å². The summed E-state index contributed by atoms with van der Waals surface area (Å²) in [4.78, 5) is 14.4. The number of tetrazole rings is 1. The number of nitrogens with zero attached hydrogens (tertiary/aromatic N) is 5. The summed E-state index contributed by atoms with van der Waals surface area (Å²) in [6, 6.07) is 0.00819. The van der Waals surface area contributed by atoms with Crippen molar-refractivity contribution in [2.75, 3.05) is 31.6 Å².